The Kier molecular flexibility index (Phi) is 7.13. The first-order valence-electron chi connectivity index (χ1n) is 5.96. The maximum Gasteiger partial charge on any atom is 0.0914 e. The lowest BCUT2D eigenvalue weighted by Crippen LogP contribution is -2.25. The number of halogens is 2. The molecule has 0 heterocycles. The summed E-state index contributed by atoms with van der Waals surface area (Å²) in [5.41, 5.74) is 1.11. The number of rotatable bonds is 7. The highest BCUT2D eigenvalue weighted by Crippen LogP contribution is 2.23. The molecule has 0 fully saturated rings. The maximum absolute atomic E-state index is 5.95. The summed E-state index contributed by atoms with van der Waals surface area (Å²) in [5.74, 6) is 0. The van der Waals surface area contributed by atoms with Crippen molar-refractivity contribution in [2.75, 3.05) is 18.1 Å². The third kappa shape index (κ3) is 5.55. The van der Waals surface area contributed by atoms with E-state index in [0.717, 1.165) is 15.3 Å². The predicted molar refractivity (Wildman–Crippen MR) is 87.4 cm³/mol. The molecule has 0 aliphatic carbocycles. The van der Waals surface area contributed by atoms with Crippen molar-refractivity contribution in [1.29, 1.82) is 0 Å². The molecule has 4 heteroatoms. The van der Waals surface area contributed by atoms with Gasteiger partial charge in [-0.05, 0) is 38.0 Å². The lowest BCUT2D eigenvalue weighted by molar-refractivity contribution is -0.0225. The predicted octanol–water partition coefficient (Wildman–Crippen LogP) is 4.76. The largest absolute Gasteiger partial charge is 0.379 e. The van der Waals surface area contributed by atoms with Gasteiger partial charge in [-0.2, -0.15) is 0 Å². The molecule has 0 aliphatic rings. The van der Waals surface area contributed by atoms with Crippen LogP contribution in [-0.4, -0.2) is 23.7 Å². The van der Waals surface area contributed by atoms with Crippen LogP contribution in [0.1, 0.15) is 31.9 Å². The maximum atomic E-state index is 5.95. The Labute approximate surface area is 132 Å². The van der Waals surface area contributed by atoms with Crippen LogP contribution in [0.5, 0.6) is 0 Å². The lowest BCUT2D eigenvalue weighted by atomic mass is 10.1. The van der Waals surface area contributed by atoms with Crippen LogP contribution >= 0.6 is 38.5 Å². The summed E-state index contributed by atoms with van der Waals surface area (Å²) >= 11 is 5.81. The normalized spacial score (nSPS) is 13.6. The Hall–Kier alpha value is 0.350. The van der Waals surface area contributed by atoms with Gasteiger partial charge in [0.2, 0.25) is 0 Å². The Morgan fingerprint density at radius 1 is 1.28 bits per heavy atom. The van der Waals surface area contributed by atoms with Crippen LogP contribution < -0.4 is 0 Å². The molecule has 1 aromatic rings. The number of hydrogen-bond acceptors (Lipinski definition) is 2. The fourth-order valence-electron chi connectivity index (χ4n) is 1.46. The second-order valence-corrected chi connectivity index (χ2v) is 6.58. The average molecular weight is 427 g/mol. The smallest absolute Gasteiger partial charge is 0.0914 e. The molecule has 1 rings (SSSR count). The summed E-state index contributed by atoms with van der Waals surface area (Å²) in [4.78, 5) is 0. The van der Waals surface area contributed by atoms with Gasteiger partial charge in [0, 0.05) is 16.0 Å². The van der Waals surface area contributed by atoms with Crippen LogP contribution in [0.15, 0.2) is 28.7 Å². The van der Waals surface area contributed by atoms with Gasteiger partial charge >= 0.3 is 0 Å². The first kappa shape index (κ1) is 16.4. The first-order chi connectivity index (χ1) is 8.48. The van der Waals surface area contributed by atoms with Crippen LogP contribution in [0.25, 0.3) is 0 Å². The highest BCUT2D eigenvalue weighted by molar-refractivity contribution is 14.1. The summed E-state index contributed by atoms with van der Waals surface area (Å²) < 4.78 is 13.4. The highest BCUT2D eigenvalue weighted by atomic mass is 127. The molecule has 0 aliphatic heterocycles. The number of alkyl halides is 1. The molecule has 0 amide bonds. The van der Waals surface area contributed by atoms with E-state index < -0.39 is 0 Å². The molecular weight excluding hydrogens is 407 g/mol. The van der Waals surface area contributed by atoms with Crippen molar-refractivity contribution in [1.82, 2.24) is 0 Å². The van der Waals surface area contributed by atoms with Crippen LogP contribution in [0.4, 0.5) is 0 Å². The third-order valence-corrected chi connectivity index (χ3v) is 4.29. The summed E-state index contributed by atoms with van der Waals surface area (Å²) in [6.45, 7) is 4.87. The molecule has 0 spiro atoms. The number of benzene rings is 1. The zero-order valence-corrected chi connectivity index (χ0v) is 14.8. The molecule has 1 unspecified atom stereocenters. The molecule has 0 N–H and O–H groups in total. The number of hydrogen-bond donors (Lipinski definition) is 0. The van der Waals surface area contributed by atoms with Gasteiger partial charge in [0.25, 0.3) is 0 Å². The van der Waals surface area contributed by atoms with E-state index in [1.165, 1.54) is 5.56 Å². The average Bonchev–Trinajstić information content (AvgIpc) is 2.36. The Morgan fingerprint density at radius 3 is 2.39 bits per heavy atom. The van der Waals surface area contributed by atoms with E-state index in [1.54, 1.807) is 7.11 Å². The first-order valence-corrected chi connectivity index (χ1v) is 8.28. The second kappa shape index (κ2) is 7.82. The van der Waals surface area contributed by atoms with Gasteiger partial charge in [0.05, 0.1) is 18.3 Å². The van der Waals surface area contributed by atoms with Gasteiger partial charge in [-0.15, -0.1) is 0 Å². The molecule has 18 heavy (non-hydrogen) atoms. The summed E-state index contributed by atoms with van der Waals surface area (Å²) in [5, 5.41) is 0. The van der Waals surface area contributed by atoms with Crippen LogP contribution in [0, 0.1) is 0 Å². The minimum absolute atomic E-state index is 0.116. The lowest BCUT2D eigenvalue weighted by Gasteiger charge is -2.24. The minimum atomic E-state index is -0.116. The van der Waals surface area contributed by atoms with Crippen molar-refractivity contribution in [2.24, 2.45) is 0 Å². The van der Waals surface area contributed by atoms with E-state index in [4.69, 9.17) is 9.47 Å². The fraction of sp³-hybridized carbons (Fsp3) is 0.571. The summed E-state index contributed by atoms with van der Waals surface area (Å²) in [7, 11) is 1.74. The molecule has 0 aromatic heterocycles. The van der Waals surface area contributed by atoms with Gasteiger partial charge < -0.3 is 9.47 Å². The fourth-order valence-corrected chi connectivity index (χ4v) is 2.48. The molecule has 102 valence electrons. The van der Waals surface area contributed by atoms with Crippen molar-refractivity contribution in [3.05, 3.63) is 34.3 Å². The van der Waals surface area contributed by atoms with Gasteiger partial charge in [-0.1, -0.05) is 50.7 Å². The van der Waals surface area contributed by atoms with E-state index in [1.807, 2.05) is 0 Å². The zero-order valence-electron chi connectivity index (χ0n) is 11.1. The van der Waals surface area contributed by atoms with Gasteiger partial charge in [0.1, 0.15) is 0 Å². The van der Waals surface area contributed by atoms with E-state index >= 15 is 0 Å². The number of methoxy groups -OCH3 is 1. The molecule has 0 saturated heterocycles. The molecule has 0 bridgehead atoms. The van der Waals surface area contributed by atoms with Crippen LogP contribution in [-0.2, 0) is 9.47 Å². The SMILES string of the molecule is COC(C)(C)CCOC(CI)c1ccc(Br)cc1. The second-order valence-electron chi connectivity index (χ2n) is 4.78. The number of ether oxygens (including phenoxy) is 2. The highest BCUT2D eigenvalue weighted by Gasteiger charge is 2.17. The molecule has 0 saturated carbocycles. The van der Waals surface area contributed by atoms with Crippen molar-refractivity contribution in [2.45, 2.75) is 32.0 Å². The van der Waals surface area contributed by atoms with Gasteiger partial charge in [-0.3, -0.25) is 0 Å². The van der Waals surface area contributed by atoms with Crippen molar-refractivity contribution >= 4 is 38.5 Å². The van der Waals surface area contributed by atoms with Crippen LogP contribution in [0.2, 0.25) is 0 Å². The van der Waals surface area contributed by atoms with Gasteiger partial charge in [-0.25, -0.2) is 0 Å². The Bertz CT molecular complexity index is 351. The Morgan fingerprint density at radius 2 is 1.89 bits per heavy atom. The monoisotopic (exact) mass is 426 g/mol. The van der Waals surface area contributed by atoms with Gasteiger partial charge in [0.15, 0.2) is 0 Å². The quantitative estimate of drug-likeness (QED) is 0.462. The van der Waals surface area contributed by atoms with Crippen molar-refractivity contribution < 1.29 is 9.47 Å². The molecule has 1 aromatic carbocycles. The summed E-state index contributed by atoms with van der Waals surface area (Å²) in [6, 6.07) is 8.32. The molecule has 0 radical (unpaired) electrons. The Balaban J connectivity index is 2.50. The van der Waals surface area contributed by atoms with E-state index in [-0.39, 0.29) is 11.7 Å². The van der Waals surface area contributed by atoms with E-state index in [9.17, 15) is 0 Å². The minimum Gasteiger partial charge on any atom is -0.379 e. The molecule has 2 nitrogen and oxygen atoms in total. The van der Waals surface area contributed by atoms with Crippen molar-refractivity contribution in [3.8, 4) is 0 Å². The summed E-state index contributed by atoms with van der Waals surface area (Å²) in [6.07, 6.45) is 1.05. The topological polar surface area (TPSA) is 18.5 Å². The molecule has 1 atom stereocenters. The van der Waals surface area contributed by atoms with E-state index in [0.29, 0.717) is 6.61 Å². The zero-order chi connectivity index (χ0) is 13.6. The molecular formula is C14H20BrIO2. The third-order valence-electron chi connectivity index (χ3n) is 2.96. The van der Waals surface area contributed by atoms with Crippen LogP contribution in [0.3, 0.4) is 0 Å². The standard InChI is InChI=1S/C14H20BrIO2/c1-14(2,17-3)8-9-18-13(10-16)11-4-6-12(15)7-5-11/h4-7,13H,8-10H2,1-3H3. The van der Waals surface area contributed by atoms with E-state index in [2.05, 4.69) is 76.6 Å². The van der Waals surface area contributed by atoms with Crippen molar-refractivity contribution in [3.63, 3.8) is 0 Å².